The lowest BCUT2D eigenvalue weighted by atomic mass is 10.2. The molecule has 0 unspecified atom stereocenters. The number of benzene rings is 1. The van der Waals surface area contributed by atoms with Gasteiger partial charge in [0.15, 0.2) is 5.82 Å². The lowest BCUT2D eigenvalue weighted by Crippen LogP contribution is -2.34. The van der Waals surface area contributed by atoms with E-state index in [0.717, 1.165) is 35.5 Å². The van der Waals surface area contributed by atoms with Gasteiger partial charge in [-0.2, -0.15) is 0 Å². The Labute approximate surface area is 118 Å². The predicted molar refractivity (Wildman–Crippen MR) is 77.9 cm³/mol. The highest BCUT2D eigenvalue weighted by Crippen LogP contribution is 2.28. The molecule has 0 radical (unpaired) electrons. The van der Waals surface area contributed by atoms with Crippen LogP contribution in [0.1, 0.15) is 12.1 Å². The van der Waals surface area contributed by atoms with Crippen LogP contribution >= 0.6 is 0 Å². The molecule has 1 aliphatic rings. The molecule has 1 aromatic heterocycles. The van der Waals surface area contributed by atoms with Crippen LogP contribution in [0.4, 0.5) is 5.82 Å². The van der Waals surface area contributed by atoms with E-state index in [1.54, 1.807) is 7.11 Å². The van der Waals surface area contributed by atoms with Gasteiger partial charge in [0.1, 0.15) is 0 Å². The maximum Gasteiger partial charge on any atom is 0.151 e. The monoisotopic (exact) mass is 273 g/mol. The SMILES string of the molecule is CO[C@@H]1C[C@@H](CO)N(c2nc3ccccc3nc2C)C1. The summed E-state index contributed by atoms with van der Waals surface area (Å²) in [6.07, 6.45) is 0.959. The number of fused-ring (bicyclic) bond motifs is 1. The Morgan fingerprint density at radius 2 is 2.00 bits per heavy atom. The van der Waals surface area contributed by atoms with Gasteiger partial charge in [0.2, 0.25) is 0 Å². The number of rotatable bonds is 3. The van der Waals surface area contributed by atoms with Crippen molar-refractivity contribution in [3.05, 3.63) is 30.0 Å². The van der Waals surface area contributed by atoms with Gasteiger partial charge in [0.25, 0.3) is 0 Å². The minimum atomic E-state index is 0.0501. The highest BCUT2D eigenvalue weighted by molar-refractivity contribution is 5.76. The maximum absolute atomic E-state index is 9.57. The maximum atomic E-state index is 9.57. The fraction of sp³-hybridized carbons (Fsp3) is 0.467. The van der Waals surface area contributed by atoms with Crippen molar-refractivity contribution in [1.29, 1.82) is 0 Å². The smallest absolute Gasteiger partial charge is 0.151 e. The molecule has 0 bridgehead atoms. The lowest BCUT2D eigenvalue weighted by Gasteiger charge is -2.25. The van der Waals surface area contributed by atoms with E-state index in [2.05, 4.69) is 9.88 Å². The van der Waals surface area contributed by atoms with Gasteiger partial charge in [0.05, 0.1) is 35.5 Å². The van der Waals surface area contributed by atoms with E-state index in [9.17, 15) is 5.11 Å². The molecule has 0 spiro atoms. The van der Waals surface area contributed by atoms with Crippen LogP contribution in [0, 0.1) is 6.92 Å². The fourth-order valence-corrected chi connectivity index (χ4v) is 2.83. The van der Waals surface area contributed by atoms with Crippen molar-refractivity contribution in [2.75, 3.05) is 25.2 Å². The molecule has 2 heterocycles. The van der Waals surface area contributed by atoms with Crippen molar-refractivity contribution in [2.24, 2.45) is 0 Å². The van der Waals surface area contributed by atoms with E-state index >= 15 is 0 Å². The number of anilines is 1. The van der Waals surface area contributed by atoms with E-state index in [4.69, 9.17) is 9.72 Å². The molecule has 20 heavy (non-hydrogen) atoms. The van der Waals surface area contributed by atoms with Gasteiger partial charge in [-0.1, -0.05) is 12.1 Å². The summed E-state index contributed by atoms with van der Waals surface area (Å²) in [6, 6.07) is 7.90. The molecule has 2 aromatic rings. The second-order valence-corrected chi connectivity index (χ2v) is 5.20. The van der Waals surface area contributed by atoms with Crippen molar-refractivity contribution < 1.29 is 9.84 Å². The Balaban J connectivity index is 2.02. The molecule has 5 nitrogen and oxygen atoms in total. The second kappa shape index (κ2) is 5.34. The number of ether oxygens (including phenoxy) is 1. The average Bonchev–Trinajstić information content (AvgIpc) is 2.89. The Bertz CT molecular complexity index is 617. The van der Waals surface area contributed by atoms with Crippen LogP contribution in [0.5, 0.6) is 0 Å². The molecule has 1 saturated heterocycles. The largest absolute Gasteiger partial charge is 0.394 e. The number of aliphatic hydroxyl groups is 1. The van der Waals surface area contributed by atoms with Gasteiger partial charge in [-0.15, -0.1) is 0 Å². The Morgan fingerprint density at radius 1 is 1.30 bits per heavy atom. The average molecular weight is 273 g/mol. The summed E-state index contributed by atoms with van der Waals surface area (Å²) in [5.41, 5.74) is 2.67. The molecule has 0 aliphatic carbocycles. The highest BCUT2D eigenvalue weighted by atomic mass is 16.5. The zero-order chi connectivity index (χ0) is 14.1. The number of aryl methyl sites for hydroxylation is 1. The summed E-state index contributed by atoms with van der Waals surface area (Å²) < 4.78 is 5.42. The molecule has 1 aromatic carbocycles. The van der Waals surface area contributed by atoms with E-state index in [-0.39, 0.29) is 18.8 Å². The summed E-state index contributed by atoms with van der Waals surface area (Å²) in [4.78, 5) is 11.4. The number of hydrogen-bond donors (Lipinski definition) is 1. The molecule has 3 rings (SSSR count). The first-order valence-corrected chi connectivity index (χ1v) is 6.86. The second-order valence-electron chi connectivity index (χ2n) is 5.20. The quantitative estimate of drug-likeness (QED) is 0.919. The number of methoxy groups -OCH3 is 1. The van der Waals surface area contributed by atoms with Crippen molar-refractivity contribution in [2.45, 2.75) is 25.5 Å². The van der Waals surface area contributed by atoms with Gasteiger partial charge in [-0.3, -0.25) is 0 Å². The third kappa shape index (κ3) is 2.23. The highest BCUT2D eigenvalue weighted by Gasteiger charge is 2.33. The topological polar surface area (TPSA) is 58.5 Å². The third-order valence-corrected chi connectivity index (χ3v) is 3.91. The molecule has 1 aliphatic heterocycles. The summed E-state index contributed by atoms with van der Waals surface area (Å²) in [6.45, 7) is 2.81. The molecule has 5 heteroatoms. The van der Waals surface area contributed by atoms with Gasteiger partial charge in [-0.05, 0) is 25.5 Å². The van der Waals surface area contributed by atoms with Crippen LogP contribution in [0.15, 0.2) is 24.3 Å². The number of nitrogens with zero attached hydrogens (tertiary/aromatic N) is 3. The zero-order valence-corrected chi connectivity index (χ0v) is 11.8. The van der Waals surface area contributed by atoms with Crippen molar-refractivity contribution in [1.82, 2.24) is 9.97 Å². The third-order valence-electron chi connectivity index (χ3n) is 3.91. The van der Waals surface area contributed by atoms with Crippen LogP contribution in [0.25, 0.3) is 11.0 Å². The van der Waals surface area contributed by atoms with E-state index in [1.165, 1.54) is 0 Å². The van der Waals surface area contributed by atoms with Crippen molar-refractivity contribution in [3.63, 3.8) is 0 Å². The van der Waals surface area contributed by atoms with Gasteiger partial charge >= 0.3 is 0 Å². The van der Waals surface area contributed by atoms with Crippen molar-refractivity contribution >= 4 is 16.9 Å². The molecule has 0 amide bonds. The van der Waals surface area contributed by atoms with Crippen LogP contribution < -0.4 is 4.90 Å². The molecule has 1 N–H and O–H groups in total. The van der Waals surface area contributed by atoms with Crippen LogP contribution in [-0.4, -0.2) is 47.5 Å². The molecule has 1 fully saturated rings. The van der Waals surface area contributed by atoms with Gasteiger partial charge in [-0.25, -0.2) is 9.97 Å². The minimum Gasteiger partial charge on any atom is -0.394 e. The normalized spacial score (nSPS) is 22.6. The molecule has 2 atom stereocenters. The summed E-state index contributed by atoms with van der Waals surface area (Å²) in [5, 5.41) is 9.57. The number of aromatic nitrogens is 2. The number of hydrogen-bond acceptors (Lipinski definition) is 5. The standard InChI is InChI=1S/C15H19N3O2/c1-10-15(17-14-6-4-3-5-13(14)16-10)18-8-12(20-2)7-11(18)9-19/h3-6,11-12,19H,7-9H2,1-2H3/t11-,12+/m0/s1. The number of para-hydroxylation sites is 2. The number of aliphatic hydroxyl groups excluding tert-OH is 1. The van der Waals surface area contributed by atoms with Crippen LogP contribution in [-0.2, 0) is 4.74 Å². The van der Waals surface area contributed by atoms with Gasteiger partial charge in [0, 0.05) is 13.7 Å². The molecular weight excluding hydrogens is 254 g/mol. The summed E-state index contributed by atoms with van der Waals surface area (Å²) in [7, 11) is 1.71. The first kappa shape index (κ1) is 13.3. The predicted octanol–water partition coefficient (Wildman–Crippen LogP) is 1.52. The first-order valence-electron chi connectivity index (χ1n) is 6.86. The fourth-order valence-electron chi connectivity index (χ4n) is 2.83. The van der Waals surface area contributed by atoms with Crippen LogP contribution in [0.3, 0.4) is 0 Å². The minimum absolute atomic E-state index is 0.0501. The summed E-state index contributed by atoms with van der Waals surface area (Å²) >= 11 is 0. The van der Waals surface area contributed by atoms with Crippen LogP contribution in [0.2, 0.25) is 0 Å². The van der Waals surface area contributed by atoms with Crippen molar-refractivity contribution in [3.8, 4) is 0 Å². The molecule has 106 valence electrons. The molecule has 0 saturated carbocycles. The van der Waals surface area contributed by atoms with E-state index in [0.29, 0.717) is 0 Å². The molecular formula is C15H19N3O2. The lowest BCUT2D eigenvalue weighted by molar-refractivity contribution is 0.115. The van der Waals surface area contributed by atoms with E-state index < -0.39 is 0 Å². The zero-order valence-electron chi connectivity index (χ0n) is 11.8. The van der Waals surface area contributed by atoms with E-state index in [1.807, 2.05) is 31.2 Å². The summed E-state index contributed by atoms with van der Waals surface area (Å²) in [5.74, 6) is 0.849. The Hall–Kier alpha value is -1.72. The Morgan fingerprint density at radius 3 is 2.65 bits per heavy atom. The van der Waals surface area contributed by atoms with Gasteiger partial charge < -0.3 is 14.7 Å². The Kier molecular flexibility index (Phi) is 3.54. The first-order chi connectivity index (χ1) is 9.72.